The summed E-state index contributed by atoms with van der Waals surface area (Å²) in [6.07, 6.45) is 1.38. The first-order valence-corrected chi connectivity index (χ1v) is 9.52. The van der Waals surface area contributed by atoms with Crippen molar-refractivity contribution in [2.75, 3.05) is 0 Å². The summed E-state index contributed by atoms with van der Waals surface area (Å²) in [7, 11) is -1.53. The molecule has 0 bridgehead atoms. The van der Waals surface area contributed by atoms with Crippen LogP contribution in [0, 0.1) is 27.7 Å². The monoisotopic (exact) mass is 275 g/mol. The maximum atomic E-state index is 5.33. The molecule has 0 aliphatic carbocycles. The number of hydrogen-bond acceptors (Lipinski definition) is 0. The molecular weight excluding hydrogens is 248 g/mol. The molecule has 4 heteroatoms. The number of nitrogens with zero attached hydrogens (tertiary/aromatic N) is 1. The summed E-state index contributed by atoms with van der Waals surface area (Å²) >= 11 is 0. The fourth-order valence-corrected chi connectivity index (χ4v) is 8.40. The Labute approximate surface area is 150 Å². The summed E-state index contributed by atoms with van der Waals surface area (Å²) in [5.74, 6) is 0. The van der Waals surface area contributed by atoms with Gasteiger partial charge in [-0.1, -0.05) is 75.2 Å². The quantitative estimate of drug-likeness (QED) is 0.455. The van der Waals surface area contributed by atoms with Gasteiger partial charge in [0.25, 0.3) is 0 Å². The normalized spacial score (nSPS) is 16.9. The van der Waals surface area contributed by atoms with Crippen molar-refractivity contribution in [2.24, 2.45) is 0 Å². The Bertz CT molecular complexity index is 442. The van der Waals surface area contributed by atoms with Crippen LogP contribution in [-0.2, 0) is 0 Å². The summed E-state index contributed by atoms with van der Waals surface area (Å²) in [6, 6.07) is 2.74. The molecule has 0 amide bonds. The van der Waals surface area contributed by atoms with E-state index < -0.39 is 8.24 Å². The van der Waals surface area contributed by atoms with Crippen LogP contribution in [0.2, 0.25) is 12.1 Å². The molecule has 1 aromatic rings. The Morgan fingerprint density at radius 3 is 1.55 bits per heavy atom. The van der Waals surface area contributed by atoms with E-state index in [-0.39, 0.29) is 43.3 Å². The molecule has 0 atom stereocenters. The van der Waals surface area contributed by atoms with Gasteiger partial charge in [-0.25, -0.2) is 0 Å². The Hall–Kier alpha value is 0.722. The van der Waals surface area contributed by atoms with Crippen LogP contribution >= 0.6 is 0 Å². The molecule has 1 fully saturated rings. The summed E-state index contributed by atoms with van der Waals surface area (Å²) in [5, 5.41) is 1.68. The van der Waals surface area contributed by atoms with E-state index in [2.05, 4.69) is 48.5 Å². The molecule has 0 unspecified atom stereocenters. The van der Waals surface area contributed by atoms with E-state index in [0.29, 0.717) is 0 Å². The molecule has 1 aromatic carbocycles. The van der Waals surface area contributed by atoms with E-state index in [4.69, 9.17) is 4.98 Å². The molecule has 102 valence electrons. The number of rotatable bonds is 2. The van der Waals surface area contributed by atoms with Gasteiger partial charge in [0.1, 0.15) is 0 Å². The Balaban J connectivity index is 0.00000180. The average molecular weight is 275 g/mol. The molecule has 0 N–H and O–H groups in total. The zero-order valence-corrected chi connectivity index (χ0v) is 16.1. The minimum absolute atomic E-state index is 0. The zero-order chi connectivity index (χ0) is 13.7. The van der Waals surface area contributed by atoms with Gasteiger partial charge in [-0.05, 0) is 0 Å². The molecule has 1 aliphatic rings. The second-order valence-electron chi connectivity index (χ2n) is 7.04. The summed E-state index contributed by atoms with van der Waals surface area (Å²) in [5.41, 5.74) is 6.22. The maximum Gasteiger partial charge on any atom is 1.00 e. The zero-order valence-electron chi connectivity index (χ0n) is 15.1. The van der Waals surface area contributed by atoms with E-state index in [1.165, 1.54) is 29.6 Å². The molecule has 0 saturated carbocycles. The minimum Gasteiger partial charge on any atom is -0.665 e. The van der Waals surface area contributed by atoms with Crippen LogP contribution in [-0.4, -0.2) is 13.8 Å². The first-order chi connectivity index (χ1) is 8.18. The van der Waals surface area contributed by atoms with Crippen LogP contribution in [0.5, 0.6) is 0 Å². The summed E-state index contributed by atoms with van der Waals surface area (Å²) in [4.78, 5) is 5.33. The van der Waals surface area contributed by atoms with Gasteiger partial charge in [0.2, 0.25) is 0 Å². The molecule has 20 heavy (non-hydrogen) atoms. The molecule has 0 radical (unpaired) electrons. The third-order valence-corrected chi connectivity index (χ3v) is 9.77. The fraction of sp³-hybridized carbons (Fsp3) is 0.688. The van der Waals surface area contributed by atoms with Gasteiger partial charge < -0.3 is 4.98 Å². The van der Waals surface area contributed by atoms with Gasteiger partial charge >= 0.3 is 37.7 Å². The predicted molar refractivity (Wildman–Crippen MR) is 83.7 cm³/mol. The number of hydrogen-bond donors (Lipinski definition) is 0. The van der Waals surface area contributed by atoms with Gasteiger partial charge in [0, 0.05) is 0 Å². The van der Waals surface area contributed by atoms with E-state index in [1.54, 1.807) is 16.3 Å². The topological polar surface area (TPSA) is 14.1 Å². The van der Waals surface area contributed by atoms with Crippen molar-refractivity contribution < 1.29 is 37.7 Å². The second-order valence-corrected chi connectivity index (χ2v) is 10.8. The van der Waals surface area contributed by atoms with Crippen LogP contribution in [0.25, 0.3) is 4.98 Å². The van der Waals surface area contributed by atoms with E-state index in [0.717, 1.165) is 0 Å². The summed E-state index contributed by atoms with van der Waals surface area (Å²) in [6.45, 7) is 16.0. The van der Waals surface area contributed by atoms with E-state index >= 15 is 0 Å². The van der Waals surface area contributed by atoms with Crippen LogP contribution in [0.15, 0.2) is 0 Å². The standard InChI is InChI=1S/C16H27NSi.2Li/c1-11-12(2)14(4)15(13(11)3)18(9-8-10-18)17-16(5,6)7;;/h8-10H2,1-7H3;;/q-2;2*+1. The van der Waals surface area contributed by atoms with Crippen LogP contribution < -0.4 is 42.9 Å². The first kappa shape index (κ1) is 20.7. The molecule has 0 spiro atoms. The SMILES string of the molecule is Cc1c(C)c(C)[c-]([Si]2([N-]C(C)(C)C)CCC2)c1C.[Li+].[Li+]. The van der Waals surface area contributed by atoms with Crippen molar-refractivity contribution >= 4 is 13.4 Å². The summed E-state index contributed by atoms with van der Waals surface area (Å²) < 4.78 is 0. The molecule has 1 nitrogen and oxygen atoms in total. The molecule has 1 saturated heterocycles. The maximum absolute atomic E-state index is 5.33. The van der Waals surface area contributed by atoms with Gasteiger partial charge in [0.15, 0.2) is 0 Å². The van der Waals surface area contributed by atoms with Crippen molar-refractivity contribution in [3.8, 4) is 0 Å². The van der Waals surface area contributed by atoms with Crippen molar-refractivity contribution in [3.05, 3.63) is 27.2 Å². The van der Waals surface area contributed by atoms with Gasteiger partial charge in [-0.15, -0.1) is 5.54 Å². The molecular formula is C16H27Li2NSi. The minimum atomic E-state index is -1.53. The largest absolute Gasteiger partial charge is 1.00 e. The van der Waals surface area contributed by atoms with Crippen molar-refractivity contribution in [1.29, 1.82) is 0 Å². The Kier molecular flexibility index (Phi) is 7.12. The molecule has 0 aromatic heterocycles. The molecule has 1 heterocycles. The second kappa shape index (κ2) is 6.87. The third-order valence-electron chi connectivity index (χ3n) is 4.63. The van der Waals surface area contributed by atoms with E-state index in [1.807, 2.05) is 0 Å². The van der Waals surface area contributed by atoms with Crippen LogP contribution in [0.1, 0.15) is 49.4 Å². The van der Waals surface area contributed by atoms with Crippen LogP contribution in [0.4, 0.5) is 0 Å². The van der Waals surface area contributed by atoms with E-state index in [9.17, 15) is 0 Å². The third kappa shape index (κ3) is 3.55. The fourth-order valence-electron chi connectivity index (χ4n) is 3.49. The Morgan fingerprint density at radius 1 is 0.900 bits per heavy atom. The molecule has 1 aliphatic heterocycles. The molecule has 2 rings (SSSR count). The van der Waals surface area contributed by atoms with Crippen molar-refractivity contribution in [1.82, 2.24) is 0 Å². The smallest absolute Gasteiger partial charge is 0.665 e. The van der Waals surface area contributed by atoms with Crippen molar-refractivity contribution in [2.45, 2.75) is 72.5 Å². The van der Waals surface area contributed by atoms with Gasteiger partial charge in [-0.2, -0.15) is 27.4 Å². The van der Waals surface area contributed by atoms with Crippen molar-refractivity contribution in [3.63, 3.8) is 0 Å². The predicted octanol–water partition coefficient (Wildman–Crippen LogP) is -1.62. The first-order valence-electron chi connectivity index (χ1n) is 7.15. The van der Waals surface area contributed by atoms with Gasteiger partial charge in [0.05, 0.1) is 0 Å². The van der Waals surface area contributed by atoms with Crippen LogP contribution in [0.3, 0.4) is 0 Å². The average Bonchev–Trinajstić information content (AvgIpc) is 2.37. The van der Waals surface area contributed by atoms with Gasteiger partial charge in [-0.3, -0.25) is 0 Å². The Morgan fingerprint density at radius 2 is 1.30 bits per heavy atom.